The van der Waals surface area contributed by atoms with Crippen molar-refractivity contribution < 1.29 is 4.74 Å². The van der Waals surface area contributed by atoms with Gasteiger partial charge in [-0.1, -0.05) is 29.5 Å². The van der Waals surface area contributed by atoms with E-state index in [0.717, 1.165) is 30.9 Å². The van der Waals surface area contributed by atoms with E-state index < -0.39 is 0 Å². The highest BCUT2D eigenvalue weighted by molar-refractivity contribution is 14.1. The first-order valence-electron chi connectivity index (χ1n) is 6.92. The monoisotopic (exact) mass is 434 g/mol. The van der Waals surface area contributed by atoms with Crippen molar-refractivity contribution in [3.05, 3.63) is 66.5 Å². The SMILES string of the molecule is COc1ccc(/C=c2\sc3nc4ccccc4n3c2=O)cc1I. The Bertz CT molecular complexity index is 1150. The summed E-state index contributed by atoms with van der Waals surface area (Å²) in [6, 6.07) is 13.5. The van der Waals surface area contributed by atoms with Gasteiger partial charge >= 0.3 is 0 Å². The molecule has 0 fully saturated rings. The van der Waals surface area contributed by atoms with Crippen LogP contribution in [0.4, 0.5) is 0 Å². The van der Waals surface area contributed by atoms with Gasteiger partial charge in [-0.3, -0.25) is 4.79 Å². The van der Waals surface area contributed by atoms with Gasteiger partial charge in [0.15, 0.2) is 4.96 Å². The zero-order valence-electron chi connectivity index (χ0n) is 12.1. The molecule has 4 aromatic rings. The Kier molecular flexibility index (Phi) is 3.57. The lowest BCUT2D eigenvalue weighted by atomic mass is 10.2. The fraction of sp³-hybridized carbons (Fsp3) is 0.0588. The second-order valence-corrected chi connectivity index (χ2v) is 7.20. The van der Waals surface area contributed by atoms with E-state index in [4.69, 9.17) is 4.74 Å². The Labute approximate surface area is 149 Å². The molecule has 0 unspecified atom stereocenters. The number of hydrogen-bond donors (Lipinski definition) is 0. The molecule has 0 saturated carbocycles. The lowest BCUT2D eigenvalue weighted by Gasteiger charge is -2.02. The minimum atomic E-state index is -0.0236. The highest BCUT2D eigenvalue weighted by Gasteiger charge is 2.10. The topological polar surface area (TPSA) is 43.6 Å². The van der Waals surface area contributed by atoms with Gasteiger partial charge in [0.1, 0.15) is 5.75 Å². The van der Waals surface area contributed by atoms with Gasteiger partial charge in [0.05, 0.1) is 26.2 Å². The van der Waals surface area contributed by atoms with E-state index in [9.17, 15) is 4.79 Å². The van der Waals surface area contributed by atoms with Crippen molar-refractivity contribution in [3.8, 4) is 5.75 Å². The van der Waals surface area contributed by atoms with Crippen LogP contribution < -0.4 is 14.8 Å². The van der Waals surface area contributed by atoms with Crippen LogP contribution in [0.3, 0.4) is 0 Å². The van der Waals surface area contributed by atoms with Crippen LogP contribution >= 0.6 is 33.9 Å². The smallest absolute Gasteiger partial charge is 0.274 e. The summed E-state index contributed by atoms with van der Waals surface area (Å²) in [6.45, 7) is 0. The van der Waals surface area contributed by atoms with Crippen LogP contribution in [0.25, 0.3) is 22.1 Å². The molecule has 2 aromatic heterocycles. The number of halogens is 1. The van der Waals surface area contributed by atoms with Crippen LogP contribution in [-0.2, 0) is 0 Å². The molecule has 0 aliphatic heterocycles. The predicted octanol–water partition coefficient (Wildman–Crippen LogP) is 3.07. The number of aromatic nitrogens is 2. The number of imidazole rings is 1. The van der Waals surface area contributed by atoms with Crippen LogP contribution in [0.1, 0.15) is 5.56 Å². The molecule has 6 heteroatoms. The maximum absolute atomic E-state index is 12.7. The van der Waals surface area contributed by atoms with Crippen molar-refractivity contribution in [3.63, 3.8) is 0 Å². The van der Waals surface area contributed by atoms with E-state index in [-0.39, 0.29) is 5.56 Å². The maximum Gasteiger partial charge on any atom is 0.274 e. The summed E-state index contributed by atoms with van der Waals surface area (Å²) in [6.07, 6.45) is 1.90. The summed E-state index contributed by atoms with van der Waals surface area (Å²) in [7, 11) is 1.65. The molecule has 0 spiro atoms. The molecule has 114 valence electrons. The standard InChI is InChI=1S/C17H11IN2O2S/c1-22-14-7-6-10(8-11(14)18)9-15-16(21)20-13-5-3-2-4-12(13)19-17(20)23-15/h2-9H,1H3/b15-9-. The van der Waals surface area contributed by atoms with Gasteiger partial charge in [0.25, 0.3) is 5.56 Å². The number of fused-ring (bicyclic) bond motifs is 3. The number of thiazole rings is 1. The second kappa shape index (κ2) is 5.61. The normalized spacial score (nSPS) is 12.3. The molecule has 0 amide bonds. The third-order valence-electron chi connectivity index (χ3n) is 3.62. The highest BCUT2D eigenvalue weighted by Crippen LogP contribution is 2.22. The van der Waals surface area contributed by atoms with Crippen molar-refractivity contribution in [2.75, 3.05) is 7.11 Å². The number of benzene rings is 2. The van der Waals surface area contributed by atoms with Crippen LogP contribution in [0.2, 0.25) is 0 Å². The van der Waals surface area contributed by atoms with E-state index in [1.807, 2.05) is 48.5 Å². The second-order valence-electron chi connectivity index (χ2n) is 5.03. The molecule has 2 aromatic carbocycles. The first-order chi connectivity index (χ1) is 11.2. The first kappa shape index (κ1) is 14.6. The summed E-state index contributed by atoms with van der Waals surface area (Å²) in [5, 5.41) is 0. The lowest BCUT2D eigenvalue weighted by molar-refractivity contribution is 0.412. The molecule has 4 rings (SSSR count). The van der Waals surface area contributed by atoms with Gasteiger partial charge in [0, 0.05) is 0 Å². The van der Waals surface area contributed by atoms with Gasteiger partial charge in [-0.25, -0.2) is 9.38 Å². The zero-order chi connectivity index (χ0) is 16.0. The molecule has 0 N–H and O–H groups in total. The number of para-hydroxylation sites is 2. The molecule has 0 bridgehead atoms. The third kappa shape index (κ3) is 2.42. The summed E-state index contributed by atoms with van der Waals surface area (Å²) in [5.41, 5.74) is 2.65. The molecule has 4 nitrogen and oxygen atoms in total. The predicted molar refractivity (Wildman–Crippen MR) is 101 cm³/mol. The number of hydrogen-bond acceptors (Lipinski definition) is 4. The van der Waals surface area contributed by atoms with E-state index >= 15 is 0 Å². The number of ether oxygens (including phenoxy) is 1. The van der Waals surface area contributed by atoms with Gasteiger partial charge in [0.2, 0.25) is 0 Å². The highest BCUT2D eigenvalue weighted by atomic mass is 127. The fourth-order valence-corrected chi connectivity index (χ4v) is 4.28. The van der Waals surface area contributed by atoms with Crippen LogP contribution in [0.5, 0.6) is 5.75 Å². The average Bonchev–Trinajstić information content (AvgIpc) is 3.05. The molecule has 0 aliphatic rings. The minimum Gasteiger partial charge on any atom is -0.496 e. The summed E-state index contributed by atoms with van der Waals surface area (Å²) < 4.78 is 8.64. The third-order valence-corrected chi connectivity index (χ3v) is 5.43. The maximum atomic E-state index is 12.7. The Morgan fingerprint density at radius 3 is 2.87 bits per heavy atom. The molecular weight excluding hydrogens is 423 g/mol. The van der Waals surface area contributed by atoms with Crippen LogP contribution in [0.15, 0.2) is 47.3 Å². The Morgan fingerprint density at radius 1 is 1.26 bits per heavy atom. The first-order valence-corrected chi connectivity index (χ1v) is 8.82. The zero-order valence-corrected chi connectivity index (χ0v) is 15.1. The molecule has 23 heavy (non-hydrogen) atoms. The largest absolute Gasteiger partial charge is 0.496 e. The quantitative estimate of drug-likeness (QED) is 0.456. The summed E-state index contributed by atoms with van der Waals surface area (Å²) in [5.74, 6) is 0.831. The molecule has 0 atom stereocenters. The van der Waals surface area contributed by atoms with Gasteiger partial charge < -0.3 is 4.74 Å². The average molecular weight is 434 g/mol. The molecule has 2 heterocycles. The van der Waals surface area contributed by atoms with Crippen molar-refractivity contribution in [1.82, 2.24) is 9.38 Å². The lowest BCUT2D eigenvalue weighted by Crippen LogP contribution is -2.22. The fourth-order valence-electron chi connectivity index (χ4n) is 2.54. The summed E-state index contributed by atoms with van der Waals surface area (Å²) in [4.78, 5) is 17.9. The minimum absolute atomic E-state index is 0.0236. The molecule has 0 aliphatic carbocycles. The molecule has 0 saturated heterocycles. The van der Waals surface area contributed by atoms with Gasteiger partial charge in [-0.2, -0.15) is 0 Å². The van der Waals surface area contributed by atoms with Crippen molar-refractivity contribution in [1.29, 1.82) is 0 Å². The number of nitrogens with zero attached hydrogens (tertiary/aromatic N) is 2. The van der Waals surface area contributed by atoms with Crippen molar-refractivity contribution >= 4 is 56.0 Å². The van der Waals surface area contributed by atoms with Crippen LogP contribution in [-0.4, -0.2) is 16.5 Å². The Balaban J connectivity index is 1.94. The summed E-state index contributed by atoms with van der Waals surface area (Å²) >= 11 is 3.64. The Hall–Kier alpha value is -1.93. The van der Waals surface area contributed by atoms with E-state index in [2.05, 4.69) is 27.6 Å². The number of methoxy groups -OCH3 is 1. The molecular formula is C17H11IN2O2S. The van der Waals surface area contributed by atoms with Crippen molar-refractivity contribution in [2.45, 2.75) is 0 Å². The van der Waals surface area contributed by atoms with E-state index in [1.54, 1.807) is 11.5 Å². The van der Waals surface area contributed by atoms with Crippen molar-refractivity contribution in [2.24, 2.45) is 0 Å². The number of rotatable bonds is 2. The van der Waals surface area contributed by atoms with E-state index in [0.29, 0.717) is 4.53 Å². The van der Waals surface area contributed by atoms with Gasteiger partial charge in [-0.05, 0) is 58.5 Å². The van der Waals surface area contributed by atoms with Gasteiger partial charge in [-0.15, -0.1) is 0 Å². The van der Waals surface area contributed by atoms with Crippen LogP contribution in [0, 0.1) is 3.57 Å². The van der Waals surface area contributed by atoms with E-state index in [1.165, 1.54) is 11.3 Å². The Morgan fingerprint density at radius 2 is 2.09 bits per heavy atom. The molecule has 0 radical (unpaired) electrons.